The molecule has 0 aromatic rings. The largest absolute Gasteiger partial charge is 0.370 e. The molecule has 8 nitrogen and oxygen atoms in total. The first kappa shape index (κ1) is 41.0. The van der Waals surface area contributed by atoms with Crippen molar-refractivity contribution in [1.82, 2.24) is 16.0 Å². The molecule has 8 heteroatoms. The van der Waals surface area contributed by atoms with Gasteiger partial charge in [0.1, 0.15) is 6.04 Å². The van der Waals surface area contributed by atoms with Crippen LogP contribution in [-0.4, -0.2) is 43.6 Å². The van der Waals surface area contributed by atoms with Crippen molar-refractivity contribution in [2.45, 2.75) is 187 Å². The third-order valence-electron chi connectivity index (χ3n) is 8.21. The van der Waals surface area contributed by atoms with Crippen molar-refractivity contribution < 1.29 is 9.59 Å². The molecule has 0 unspecified atom stereocenters. The Morgan fingerprint density at radius 3 is 1.30 bits per heavy atom. The van der Waals surface area contributed by atoms with Crippen molar-refractivity contribution in [2.24, 2.45) is 16.5 Å². The van der Waals surface area contributed by atoms with Crippen molar-refractivity contribution in [3.8, 4) is 0 Å². The fourth-order valence-electron chi connectivity index (χ4n) is 5.45. The van der Waals surface area contributed by atoms with Crippen LogP contribution in [0.15, 0.2) is 4.99 Å². The van der Waals surface area contributed by atoms with Crippen LogP contribution in [-0.2, 0) is 4.79 Å². The van der Waals surface area contributed by atoms with Crippen LogP contribution in [0, 0.1) is 0 Å². The number of nitrogens with one attached hydrogen (secondary N) is 3. The van der Waals surface area contributed by atoms with Crippen molar-refractivity contribution in [3.05, 3.63) is 0 Å². The van der Waals surface area contributed by atoms with E-state index in [0.717, 1.165) is 25.7 Å². The highest BCUT2D eigenvalue weighted by molar-refractivity contribution is 5.86. The molecule has 0 saturated heterocycles. The number of nitrogens with two attached hydrogens (primary N) is 2. The van der Waals surface area contributed by atoms with Gasteiger partial charge in [-0.05, 0) is 25.7 Å². The molecule has 43 heavy (non-hydrogen) atoms. The molecule has 0 fully saturated rings. The minimum atomic E-state index is -0.589. The van der Waals surface area contributed by atoms with Crippen LogP contribution in [0.5, 0.6) is 0 Å². The molecule has 7 N–H and O–H groups in total. The molecule has 0 radical (unpaired) electrons. The highest BCUT2D eigenvalue weighted by Gasteiger charge is 2.20. The maximum Gasteiger partial charge on any atom is 0.315 e. The number of carbonyl (C=O) groups is 2. The summed E-state index contributed by atoms with van der Waals surface area (Å²) >= 11 is 0. The molecule has 1 atom stereocenters. The van der Waals surface area contributed by atoms with Gasteiger partial charge in [-0.25, -0.2) is 4.79 Å². The lowest BCUT2D eigenvalue weighted by molar-refractivity contribution is -0.123. The van der Waals surface area contributed by atoms with Gasteiger partial charge < -0.3 is 27.4 Å². The highest BCUT2D eigenvalue weighted by atomic mass is 16.2. The molecule has 0 bridgehead atoms. The van der Waals surface area contributed by atoms with Crippen LogP contribution in [0.1, 0.15) is 181 Å². The average molecular weight is 609 g/mol. The Balaban J connectivity index is 4.00. The summed E-state index contributed by atoms with van der Waals surface area (Å²) in [6, 6.07) is -0.871. The van der Waals surface area contributed by atoms with E-state index in [2.05, 4.69) is 34.8 Å². The second-order valence-electron chi connectivity index (χ2n) is 12.5. The molecule has 254 valence electrons. The molecule has 0 aromatic heterocycles. The lowest BCUT2D eigenvalue weighted by Crippen LogP contribution is -2.50. The topological polar surface area (TPSA) is 135 Å². The molecule has 0 saturated carbocycles. The Kier molecular flexibility index (Phi) is 31.4. The zero-order chi connectivity index (χ0) is 31.6. The first-order valence-corrected chi connectivity index (χ1v) is 18.4. The summed E-state index contributed by atoms with van der Waals surface area (Å²) in [4.78, 5) is 29.4. The summed E-state index contributed by atoms with van der Waals surface area (Å²) in [5.74, 6) is -0.0897. The van der Waals surface area contributed by atoms with Gasteiger partial charge in [0.2, 0.25) is 5.91 Å². The van der Waals surface area contributed by atoms with Crippen molar-refractivity contribution in [1.29, 1.82) is 0 Å². The lowest BCUT2D eigenvalue weighted by atomic mass is 10.0. The third-order valence-corrected chi connectivity index (χ3v) is 8.21. The SMILES string of the molecule is CCCCCCCCCCCCCCCCNC(=O)N[C@H](CCCN=C(N)N)C(=O)NCCCCCCCCCCCC. The molecule has 3 amide bonds. The van der Waals surface area contributed by atoms with Gasteiger partial charge in [-0.2, -0.15) is 0 Å². The minimum Gasteiger partial charge on any atom is -0.370 e. The summed E-state index contributed by atoms with van der Waals surface area (Å²) in [6.07, 6.45) is 32.0. The number of guanidine groups is 1. The number of hydrogen-bond donors (Lipinski definition) is 5. The first-order chi connectivity index (χ1) is 21.0. The second-order valence-corrected chi connectivity index (χ2v) is 12.5. The van der Waals surface area contributed by atoms with E-state index in [0.29, 0.717) is 32.5 Å². The number of amides is 3. The van der Waals surface area contributed by atoms with E-state index < -0.39 is 6.04 Å². The Hall–Kier alpha value is -1.99. The average Bonchev–Trinajstić information content (AvgIpc) is 2.99. The molecule has 0 aliphatic rings. The van der Waals surface area contributed by atoms with E-state index in [1.807, 2.05) is 0 Å². The van der Waals surface area contributed by atoms with Gasteiger partial charge >= 0.3 is 6.03 Å². The Bertz CT molecular complexity index is 654. The monoisotopic (exact) mass is 609 g/mol. The highest BCUT2D eigenvalue weighted by Crippen LogP contribution is 2.13. The smallest absolute Gasteiger partial charge is 0.315 e. The normalized spacial score (nSPS) is 11.7. The first-order valence-electron chi connectivity index (χ1n) is 18.4. The molecule has 0 heterocycles. The molecular weight excluding hydrogens is 536 g/mol. The van der Waals surface area contributed by atoms with E-state index in [9.17, 15) is 9.59 Å². The zero-order valence-electron chi connectivity index (χ0n) is 28.5. The number of urea groups is 1. The number of nitrogens with zero attached hydrogens (tertiary/aromatic N) is 1. The van der Waals surface area contributed by atoms with Crippen LogP contribution in [0.3, 0.4) is 0 Å². The van der Waals surface area contributed by atoms with Crippen LogP contribution >= 0.6 is 0 Å². The maximum absolute atomic E-state index is 12.8. The van der Waals surface area contributed by atoms with Gasteiger partial charge in [-0.15, -0.1) is 0 Å². The molecule has 0 rings (SSSR count). The predicted molar refractivity (Wildman–Crippen MR) is 185 cm³/mol. The quantitative estimate of drug-likeness (QED) is 0.0299. The number of rotatable bonds is 32. The van der Waals surface area contributed by atoms with E-state index in [4.69, 9.17) is 11.5 Å². The Morgan fingerprint density at radius 2 is 0.907 bits per heavy atom. The van der Waals surface area contributed by atoms with Gasteiger partial charge in [0, 0.05) is 19.6 Å². The fourth-order valence-corrected chi connectivity index (χ4v) is 5.45. The van der Waals surface area contributed by atoms with E-state index in [1.165, 1.54) is 128 Å². The molecule has 0 aliphatic heterocycles. The molecular formula is C35H72N6O2. The van der Waals surface area contributed by atoms with E-state index in [1.54, 1.807) is 0 Å². The van der Waals surface area contributed by atoms with Crippen molar-refractivity contribution >= 4 is 17.9 Å². The third kappa shape index (κ3) is 31.2. The van der Waals surface area contributed by atoms with Crippen molar-refractivity contribution in [3.63, 3.8) is 0 Å². The number of carbonyl (C=O) groups excluding carboxylic acids is 2. The van der Waals surface area contributed by atoms with Gasteiger partial charge in [0.15, 0.2) is 5.96 Å². The van der Waals surface area contributed by atoms with Gasteiger partial charge in [0.05, 0.1) is 0 Å². The van der Waals surface area contributed by atoms with Crippen LogP contribution in [0.4, 0.5) is 4.79 Å². The van der Waals surface area contributed by atoms with E-state index in [-0.39, 0.29) is 17.9 Å². The summed E-state index contributed by atoms with van der Waals surface area (Å²) in [6.45, 7) is 6.23. The standard InChI is InChI=1S/C35H72N6O2/c1-3-5-7-9-11-13-15-16-17-18-20-22-24-26-30-40-35(43)41-32(28-27-31-39-34(36)37)33(42)38-29-25-23-21-19-14-12-10-8-6-4-2/h32H,3-31H2,1-2H3,(H,38,42)(H4,36,37,39)(H2,40,41,43)/t32-/m1/s1. The van der Waals surface area contributed by atoms with E-state index >= 15 is 0 Å². The molecule has 0 aromatic carbocycles. The lowest BCUT2D eigenvalue weighted by Gasteiger charge is -2.19. The zero-order valence-corrected chi connectivity index (χ0v) is 28.5. The number of aliphatic imine (C=N–C) groups is 1. The Morgan fingerprint density at radius 1 is 0.535 bits per heavy atom. The van der Waals surface area contributed by atoms with Crippen molar-refractivity contribution in [2.75, 3.05) is 19.6 Å². The second kappa shape index (κ2) is 32.9. The summed E-state index contributed by atoms with van der Waals surface area (Å²) in [7, 11) is 0. The minimum absolute atomic E-state index is 0.0424. The van der Waals surface area contributed by atoms with Crippen LogP contribution in [0.25, 0.3) is 0 Å². The van der Waals surface area contributed by atoms with Crippen LogP contribution < -0.4 is 27.4 Å². The summed E-state index contributed by atoms with van der Waals surface area (Å²) in [5, 5.41) is 8.82. The van der Waals surface area contributed by atoms with Crippen LogP contribution in [0.2, 0.25) is 0 Å². The fraction of sp³-hybridized carbons (Fsp3) is 0.914. The summed E-state index contributed by atoms with van der Waals surface area (Å²) in [5.41, 5.74) is 10.8. The predicted octanol–water partition coefficient (Wildman–Crippen LogP) is 8.23. The number of unbranched alkanes of at least 4 members (excludes halogenated alkanes) is 22. The van der Waals surface area contributed by atoms with Gasteiger partial charge in [0.25, 0.3) is 0 Å². The Labute approximate surface area is 266 Å². The van der Waals surface area contributed by atoms with Gasteiger partial charge in [-0.1, -0.05) is 155 Å². The summed E-state index contributed by atoms with van der Waals surface area (Å²) < 4.78 is 0. The maximum atomic E-state index is 12.8. The number of hydrogen-bond acceptors (Lipinski definition) is 3. The van der Waals surface area contributed by atoms with Gasteiger partial charge in [-0.3, -0.25) is 9.79 Å². The molecule has 0 spiro atoms. The molecule has 0 aliphatic carbocycles.